The van der Waals surface area contributed by atoms with E-state index >= 15 is 0 Å². The topological polar surface area (TPSA) is 79.8 Å². The molecule has 0 aliphatic rings. The zero-order valence-electron chi connectivity index (χ0n) is 15.1. The number of aromatic nitrogens is 3. The van der Waals surface area contributed by atoms with E-state index < -0.39 is 0 Å². The molecule has 0 atom stereocenters. The average molecular weight is 370 g/mol. The summed E-state index contributed by atoms with van der Waals surface area (Å²) in [6.07, 6.45) is 0.697. The van der Waals surface area contributed by atoms with E-state index in [0.29, 0.717) is 23.5 Å². The quantitative estimate of drug-likeness (QED) is 0.700. The highest BCUT2D eigenvalue weighted by Crippen LogP contribution is 2.23. The summed E-state index contributed by atoms with van der Waals surface area (Å²) in [6, 6.07) is 9.94. The number of thiazole rings is 1. The molecule has 26 heavy (non-hydrogen) atoms. The van der Waals surface area contributed by atoms with Gasteiger partial charge >= 0.3 is 0 Å². The van der Waals surface area contributed by atoms with Crippen LogP contribution in [0, 0.1) is 6.92 Å². The normalized spacial score (nSPS) is 11.1. The monoisotopic (exact) mass is 370 g/mol. The Labute approximate surface area is 155 Å². The molecule has 3 rings (SSSR count). The van der Waals surface area contributed by atoms with Crippen LogP contribution in [0.5, 0.6) is 0 Å². The summed E-state index contributed by atoms with van der Waals surface area (Å²) >= 11 is 1.41. The van der Waals surface area contributed by atoms with Crippen molar-refractivity contribution in [1.29, 1.82) is 0 Å². The lowest BCUT2D eigenvalue weighted by atomic mass is 10.1. The molecule has 0 aliphatic heterocycles. The van der Waals surface area contributed by atoms with Crippen LogP contribution in [0.3, 0.4) is 0 Å². The average Bonchev–Trinajstić information content (AvgIpc) is 3.19. The molecule has 1 aromatic carbocycles. The molecule has 0 spiro atoms. The van der Waals surface area contributed by atoms with Crippen LogP contribution in [0.25, 0.3) is 16.4 Å². The van der Waals surface area contributed by atoms with Gasteiger partial charge in [0.2, 0.25) is 11.0 Å². The van der Waals surface area contributed by atoms with Crippen molar-refractivity contribution >= 4 is 17.2 Å². The Morgan fingerprint density at radius 3 is 2.73 bits per heavy atom. The number of hydrogen-bond acceptors (Lipinski definition) is 4. The van der Waals surface area contributed by atoms with Crippen LogP contribution in [0.1, 0.15) is 31.5 Å². The highest BCUT2D eigenvalue weighted by Gasteiger charge is 2.16. The zero-order valence-corrected chi connectivity index (χ0v) is 15.9. The van der Waals surface area contributed by atoms with E-state index in [0.717, 1.165) is 17.0 Å². The summed E-state index contributed by atoms with van der Waals surface area (Å²) in [4.78, 5) is 29.2. The molecule has 0 saturated heterocycles. The van der Waals surface area contributed by atoms with Crippen molar-refractivity contribution in [2.75, 3.05) is 0 Å². The van der Waals surface area contributed by atoms with Crippen LogP contribution in [0.15, 0.2) is 40.5 Å². The number of aromatic amines is 1. The van der Waals surface area contributed by atoms with Crippen LogP contribution in [-0.4, -0.2) is 26.7 Å². The van der Waals surface area contributed by atoms with Crippen molar-refractivity contribution < 1.29 is 4.79 Å². The molecular weight excluding hydrogens is 348 g/mol. The lowest BCUT2D eigenvalue weighted by Gasteiger charge is -2.07. The van der Waals surface area contributed by atoms with E-state index in [4.69, 9.17) is 0 Å². The number of aryl methyl sites for hydroxylation is 1. The number of nitrogens with zero attached hydrogens (tertiary/aromatic N) is 2. The molecule has 2 N–H and O–H groups in total. The van der Waals surface area contributed by atoms with Gasteiger partial charge in [0.25, 0.3) is 5.56 Å². The van der Waals surface area contributed by atoms with Gasteiger partial charge in [-0.1, -0.05) is 30.3 Å². The standard InChI is InChI=1S/C19H22N4O2S/c1-12(2)20-17(24)10-9-15-13(3)22-23(18(15)25)19-21-16(11-26-19)14-7-5-4-6-8-14/h4-8,11-12,22H,9-10H2,1-3H3,(H,20,24). The largest absolute Gasteiger partial charge is 0.354 e. The maximum Gasteiger partial charge on any atom is 0.276 e. The van der Waals surface area contributed by atoms with Gasteiger partial charge in [-0.25, -0.2) is 4.98 Å². The fourth-order valence-electron chi connectivity index (χ4n) is 2.75. The van der Waals surface area contributed by atoms with E-state index in [1.807, 2.05) is 56.5 Å². The van der Waals surface area contributed by atoms with Crippen molar-refractivity contribution in [3.05, 3.63) is 57.3 Å². The summed E-state index contributed by atoms with van der Waals surface area (Å²) in [6.45, 7) is 5.68. The number of carbonyl (C=O) groups is 1. The molecule has 0 fully saturated rings. The summed E-state index contributed by atoms with van der Waals surface area (Å²) in [5.41, 5.74) is 3.09. The van der Waals surface area contributed by atoms with E-state index in [1.165, 1.54) is 16.0 Å². The Balaban J connectivity index is 1.81. The Morgan fingerprint density at radius 1 is 1.31 bits per heavy atom. The summed E-state index contributed by atoms with van der Waals surface area (Å²) in [5, 5.41) is 8.45. The Kier molecular flexibility index (Phi) is 5.37. The summed E-state index contributed by atoms with van der Waals surface area (Å²) in [7, 11) is 0. The predicted molar refractivity (Wildman–Crippen MR) is 104 cm³/mol. The van der Waals surface area contributed by atoms with Crippen molar-refractivity contribution in [3.63, 3.8) is 0 Å². The fourth-order valence-corrected chi connectivity index (χ4v) is 3.54. The molecule has 0 saturated carbocycles. The third-order valence-corrected chi connectivity index (χ3v) is 4.82. The maximum absolute atomic E-state index is 12.7. The summed E-state index contributed by atoms with van der Waals surface area (Å²) in [5.74, 6) is -0.0489. The molecule has 136 valence electrons. The molecular formula is C19H22N4O2S. The minimum absolute atomic E-state index is 0.0489. The third-order valence-electron chi connectivity index (χ3n) is 4.00. The molecule has 7 heteroatoms. The number of benzene rings is 1. The Hall–Kier alpha value is -2.67. The van der Waals surface area contributed by atoms with E-state index in [1.54, 1.807) is 0 Å². The molecule has 2 aromatic heterocycles. The van der Waals surface area contributed by atoms with Gasteiger partial charge in [0.15, 0.2) is 0 Å². The van der Waals surface area contributed by atoms with Crippen LogP contribution in [0.2, 0.25) is 0 Å². The molecule has 3 aromatic rings. The number of carbonyl (C=O) groups excluding carboxylic acids is 1. The van der Waals surface area contributed by atoms with Crippen molar-refractivity contribution in [3.8, 4) is 16.4 Å². The van der Waals surface area contributed by atoms with Gasteiger partial charge in [-0.3, -0.25) is 14.7 Å². The van der Waals surface area contributed by atoms with Crippen molar-refractivity contribution in [1.82, 2.24) is 20.1 Å². The first-order valence-electron chi connectivity index (χ1n) is 8.57. The fraction of sp³-hybridized carbons (Fsp3) is 0.316. The lowest BCUT2D eigenvalue weighted by Crippen LogP contribution is -2.30. The Morgan fingerprint density at radius 2 is 2.04 bits per heavy atom. The molecule has 6 nitrogen and oxygen atoms in total. The van der Waals surface area contributed by atoms with Crippen LogP contribution < -0.4 is 10.9 Å². The highest BCUT2D eigenvalue weighted by atomic mass is 32.1. The number of hydrogen-bond donors (Lipinski definition) is 2. The molecule has 0 radical (unpaired) electrons. The smallest absolute Gasteiger partial charge is 0.276 e. The minimum atomic E-state index is -0.145. The molecule has 2 heterocycles. The van der Waals surface area contributed by atoms with E-state index in [-0.39, 0.29) is 17.5 Å². The van der Waals surface area contributed by atoms with Gasteiger partial charge in [0, 0.05) is 34.7 Å². The summed E-state index contributed by atoms with van der Waals surface area (Å²) < 4.78 is 1.46. The molecule has 1 amide bonds. The van der Waals surface area contributed by atoms with Gasteiger partial charge in [-0.2, -0.15) is 4.68 Å². The second kappa shape index (κ2) is 7.70. The van der Waals surface area contributed by atoms with Crippen molar-refractivity contribution in [2.24, 2.45) is 0 Å². The van der Waals surface area contributed by atoms with Gasteiger partial charge < -0.3 is 5.32 Å². The third kappa shape index (κ3) is 3.94. The number of rotatable bonds is 6. The first-order valence-corrected chi connectivity index (χ1v) is 9.45. The second-order valence-electron chi connectivity index (χ2n) is 6.46. The van der Waals surface area contributed by atoms with Crippen LogP contribution >= 0.6 is 11.3 Å². The lowest BCUT2D eigenvalue weighted by molar-refractivity contribution is -0.121. The first-order chi connectivity index (χ1) is 12.5. The van der Waals surface area contributed by atoms with Gasteiger partial charge in [0.1, 0.15) is 0 Å². The Bertz CT molecular complexity index is 954. The highest BCUT2D eigenvalue weighted by molar-refractivity contribution is 7.12. The van der Waals surface area contributed by atoms with E-state index in [9.17, 15) is 9.59 Å². The number of H-pyrrole nitrogens is 1. The maximum atomic E-state index is 12.7. The zero-order chi connectivity index (χ0) is 18.7. The number of amides is 1. The van der Waals surface area contributed by atoms with Crippen molar-refractivity contribution in [2.45, 2.75) is 39.7 Å². The SMILES string of the molecule is Cc1[nH]n(-c2nc(-c3ccccc3)cs2)c(=O)c1CCC(=O)NC(C)C. The van der Waals surface area contributed by atoms with Gasteiger partial charge in [-0.05, 0) is 27.2 Å². The first kappa shape index (κ1) is 18.1. The second-order valence-corrected chi connectivity index (χ2v) is 7.30. The van der Waals surface area contributed by atoms with Gasteiger partial charge in [0.05, 0.1) is 5.69 Å². The number of nitrogens with one attached hydrogen (secondary N) is 2. The molecule has 0 unspecified atom stereocenters. The van der Waals surface area contributed by atoms with Crippen LogP contribution in [-0.2, 0) is 11.2 Å². The minimum Gasteiger partial charge on any atom is -0.354 e. The van der Waals surface area contributed by atoms with E-state index in [2.05, 4.69) is 15.4 Å². The van der Waals surface area contributed by atoms with Gasteiger partial charge in [-0.15, -0.1) is 11.3 Å². The van der Waals surface area contributed by atoms with Crippen LogP contribution in [0.4, 0.5) is 0 Å². The predicted octanol–water partition coefficient (Wildman–Crippen LogP) is 3.05. The molecule has 0 bridgehead atoms. The molecule has 0 aliphatic carbocycles.